The van der Waals surface area contributed by atoms with E-state index >= 15 is 0 Å². The summed E-state index contributed by atoms with van der Waals surface area (Å²) in [5, 5.41) is 5.43. The third kappa shape index (κ3) is 5.32. The van der Waals surface area contributed by atoms with E-state index in [2.05, 4.69) is 10.3 Å². The van der Waals surface area contributed by atoms with Gasteiger partial charge in [0.05, 0.1) is 19.0 Å². The van der Waals surface area contributed by atoms with E-state index < -0.39 is 24.2 Å². The molecule has 2 saturated heterocycles. The highest BCUT2D eigenvalue weighted by molar-refractivity contribution is 7.09. The summed E-state index contributed by atoms with van der Waals surface area (Å²) in [6.07, 6.45) is 3.28. The number of pyridine rings is 1. The van der Waals surface area contributed by atoms with Crippen molar-refractivity contribution in [3.05, 3.63) is 82.3 Å². The molecule has 0 radical (unpaired) electrons. The van der Waals surface area contributed by atoms with Crippen LogP contribution in [0.5, 0.6) is 5.95 Å². The summed E-state index contributed by atoms with van der Waals surface area (Å²) < 4.78 is 11.2. The zero-order valence-corrected chi connectivity index (χ0v) is 23.1. The van der Waals surface area contributed by atoms with Crippen LogP contribution in [0, 0.1) is 6.92 Å². The van der Waals surface area contributed by atoms with Crippen LogP contribution in [0.1, 0.15) is 22.4 Å². The number of ketones is 1. The van der Waals surface area contributed by atoms with Gasteiger partial charge in [-0.05, 0) is 42.5 Å². The van der Waals surface area contributed by atoms with Crippen molar-refractivity contribution in [2.24, 2.45) is 0 Å². The molecule has 3 amide bonds. The van der Waals surface area contributed by atoms with Gasteiger partial charge in [0.2, 0.25) is 11.8 Å². The Morgan fingerprint density at radius 3 is 2.76 bits per heavy atom. The number of aryl methyl sites for hydroxylation is 1. The molecular formula is C30H28N4O6S. The van der Waals surface area contributed by atoms with Gasteiger partial charge in [0.1, 0.15) is 17.7 Å². The lowest BCUT2D eigenvalue weighted by Crippen LogP contribution is -2.53. The summed E-state index contributed by atoms with van der Waals surface area (Å²) in [4.78, 5) is 61.2. The Kier molecular flexibility index (Phi) is 7.27. The summed E-state index contributed by atoms with van der Waals surface area (Å²) in [5.74, 6) is -0.693. The van der Waals surface area contributed by atoms with Gasteiger partial charge in [-0.2, -0.15) is 0 Å². The standard InChI is InChI=1S/C30H28N4O6S/c1-18-21-8-2-3-9-25(21)39-29(18)40-30(38)32-22(15-20-7-5-13-41-20)28(37)33-12-10-23-27(33)24(35)17-34(23)26(36)14-19-6-4-11-31-16-19/h2-9,11,13,16,22-23,27H,10,12,14-15,17H2,1H3,(H,32,38). The summed E-state index contributed by atoms with van der Waals surface area (Å²) in [5.41, 5.74) is 2.02. The number of thiophene rings is 1. The Bertz CT molecular complexity index is 1600. The second kappa shape index (κ2) is 11.2. The van der Waals surface area contributed by atoms with Gasteiger partial charge in [-0.15, -0.1) is 11.3 Å². The average molecular weight is 573 g/mol. The Morgan fingerprint density at radius 2 is 2.00 bits per heavy atom. The third-order valence-electron chi connectivity index (χ3n) is 7.66. The second-order valence-corrected chi connectivity index (χ2v) is 11.3. The Balaban J connectivity index is 1.18. The number of rotatable bonds is 7. The Morgan fingerprint density at radius 1 is 1.15 bits per heavy atom. The van der Waals surface area contributed by atoms with Crippen molar-refractivity contribution in [2.75, 3.05) is 13.1 Å². The van der Waals surface area contributed by atoms with Gasteiger partial charge < -0.3 is 24.3 Å². The lowest BCUT2D eigenvalue weighted by Gasteiger charge is -2.28. The fourth-order valence-corrected chi connectivity index (χ4v) is 6.46. The molecule has 4 aromatic rings. The summed E-state index contributed by atoms with van der Waals surface area (Å²) in [7, 11) is 0. The number of ether oxygens (including phenoxy) is 1. The van der Waals surface area contributed by atoms with E-state index in [0.29, 0.717) is 24.1 Å². The number of Topliss-reactive ketones (excluding diaryl/α,β-unsaturated/α-hetero) is 1. The van der Waals surface area contributed by atoms with E-state index in [0.717, 1.165) is 15.8 Å². The number of para-hydroxylation sites is 1. The van der Waals surface area contributed by atoms with Crippen LogP contribution < -0.4 is 10.1 Å². The zero-order valence-electron chi connectivity index (χ0n) is 22.3. The average Bonchev–Trinajstić information content (AvgIpc) is 3.76. The molecule has 5 heterocycles. The first-order valence-corrected chi connectivity index (χ1v) is 14.3. The molecule has 2 aliphatic rings. The summed E-state index contributed by atoms with van der Waals surface area (Å²) in [6.45, 7) is 2.05. The minimum Gasteiger partial charge on any atom is -0.425 e. The molecule has 41 heavy (non-hydrogen) atoms. The molecule has 3 aromatic heterocycles. The highest BCUT2D eigenvalue weighted by Gasteiger charge is 2.52. The zero-order chi connectivity index (χ0) is 28.5. The first-order chi connectivity index (χ1) is 19.9. The van der Waals surface area contributed by atoms with E-state index in [-0.39, 0.29) is 42.9 Å². The Labute approximate surface area is 239 Å². The molecule has 0 spiro atoms. The maximum absolute atomic E-state index is 13.9. The quantitative estimate of drug-likeness (QED) is 0.360. The number of likely N-dealkylation sites (tertiary alicyclic amines) is 2. The minimum absolute atomic E-state index is 0.0470. The van der Waals surface area contributed by atoms with Gasteiger partial charge in [-0.25, -0.2) is 4.79 Å². The topological polar surface area (TPSA) is 122 Å². The fourth-order valence-electron chi connectivity index (χ4n) is 5.70. The molecule has 0 aliphatic carbocycles. The molecule has 10 nitrogen and oxygen atoms in total. The molecular weight excluding hydrogens is 544 g/mol. The van der Waals surface area contributed by atoms with E-state index in [9.17, 15) is 19.2 Å². The largest absolute Gasteiger partial charge is 0.425 e. The molecule has 11 heteroatoms. The molecule has 2 fully saturated rings. The van der Waals surface area contributed by atoms with Crippen LogP contribution in [-0.2, 0) is 27.2 Å². The van der Waals surface area contributed by atoms with Gasteiger partial charge in [0.15, 0.2) is 5.78 Å². The summed E-state index contributed by atoms with van der Waals surface area (Å²) >= 11 is 1.47. The predicted molar refractivity (Wildman–Crippen MR) is 150 cm³/mol. The molecule has 3 unspecified atom stereocenters. The van der Waals surface area contributed by atoms with Crippen LogP contribution in [0.3, 0.4) is 0 Å². The van der Waals surface area contributed by atoms with Crippen LogP contribution in [0.15, 0.2) is 70.7 Å². The number of carbonyl (C=O) groups excluding carboxylic acids is 4. The SMILES string of the molecule is Cc1c(OC(=O)NC(Cc2cccs2)C(=O)N2CCC3C2C(=O)CN3C(=O)Cc2cccnc2)oc2ccccc12. The van der Waals surface area contributed by atoms with Gasteiger partial charge >= 0.3 is 6.09 Å². The van der Waals surface area contributed by atoms with E-state index in [4.69, 9.17) is 9.15 Å². The second-order valence-electron chi connectivity index (χ2n) is 10.2. The maximum Gasteiger partial charge on any atom is 0.415 e. The highest BCUT2D eigenvalue weighted by atomic mass is 32.1. The minimum atomic E-state index is -0.975. The number of carbonyl (C=O) groups is 4. The number of nitrogens with zero attached hydrogens (tertiary/aromatic N) is 3. The van der Waals surface area contributed by atoms with E-state index in [1.807, 2.05) is 41.8 Å². The molecule has 1 N–H and O–H groups in total. The number of hydrogen-bond acceptors (Lipinski definition) is 8. The lowest BCUT2D eigenvalue weighted by molar-refractivity contribution is -0.138. The van der Waals surface area contributed by atoms with Crippen molar-refractivity contribution < 1.29 is 28.3 Å². The van der Waals surface area contributed by atoms with Crippen molar-refractivity contribution in [1.82, 2.24) is 20.1 Å². The number of amides is 3. The first kappa shape index (κ1) is 26.7. The van der Waals surface area contributed by atoms with E-state index in [1.54, 1.807) is 36.4 Å². The summed E-state index contributed by atoms with van der Waals surface area (Å²) in [6, 6.07) is 12.6. The van der Waals surface area contributed by atoms with Gasteiger partial charge in [0.25, 0.3) is 5.95 Å². The highest BCUT2D eigenvalue weighted by Crippen LogP contribution is 2.32. The van der Waals surface area contributed by atoms with Gasteiger partial charge in [-0.1, -0.05) is 30.3 Å². The van der Waals surface area contributed by atoms with Crippen molar-refractivity contribution in [2.45, 2.75) is 44.3 Å². The molecule has 1 aromatic carbocycles. The smallest absolute Gasteiger partial charge is 0.415 e. The number of benzene rings is 1. The molecule has 3 atom stereocenters. The molecule has 0 bridgehead atoms. The lowest BCUT2D eigenvalue weighted by atomic mass is 10.1. The molecule has 0 saturated carbocycles. The van der Waals surface area contributed by atoms with Crippen molar-refractivity contribution in [1.29, 1.82) is 0 Å². The normalized spacial score (nSPS) is 18.9. The van der Waals surface area contributed by atoms with Crippen LogP contribution in [0.2, 0.25) is 0 Å². The predicted octanol–water partition coefficient (Wildman–Crippen LogP) is 3.52. The van der Waals surface area contributed by atoms with E-state index in [1.165, 1.54) is 16.2 Å². The van der Waals surface area contributed by atoms with Crippen molar-refractivity contribution in [3.63, 3.8) is 0 Å². The number of nitrogens with one attached hydrogen (secondary N) is 1. The molecule has 210 valence electrons. The van der Waals surface area contributed by atoms with Gasteiger partial charge in [0, 0.05) is 41.2 Å². The number of hydrogen-bond donors (Lipinski definition) is 1. The van der Waals surface area contributed by atoms with Crippen LogP contribution >= 0.6 is 11.3 Å². The van der Waals surface area contributed by atoms with Crippen LogP contribution in [-0.4, -0.2) is 69.7 Å². The molecule has 6 rings (SSSR count). The fraction of sp³-hybridized carbons (Fsp3) is 0.300. The van der Waals surface area contributed by atoms with Gasteiger partial charge in [-0.3, -0.25) is 19.4 Å². The first-order valence-electron chi connectivity index (χ1n) is 13.4. The number of aromatic nitrogens is 1. The Hall–Kier alpha value is -4.51. The maximum atomic E-state index is 13.9. The van der Waals surface area contributed by atoms with Crippen LogP contribution in [0.4, 0.5) is 4.79 Å². The van der Waals surface area contributed by atoms with Crippen molar-refractivity contribution in [3.8, 4) is 5.95 Å². The van der Waals surface area contributed by atoms with Crippen LogP contribution in [0.25, 0.3) is 11.0 Å². The third-order valence-corrected chi connectivity index (χ3v) is 8.56. The molecule has 2 aliphatic heterocycles. The monoisotopic (exact) mass is 572 g/mol. The van der Waals surface area contributed by atoms with Crippen molar-refractivity contribution >= 4 is 46.0 Å². The number of furan rings is 1. The number of fused-ring (bicyclic) bond motifs is 2.